The van der Waals surface area contributed by atoms with Gasteiger partial charge in [0.05, 0.1) is 0 Å². The average Bonchev–Trinajstić information content (AvgIpc) is 3.14. The minimum absolute atomic E-state index is 0.155. The smallest absolute Gasteiger partial charge is 0.251 e. The molecule has 0 aliphatic heterocycles. The van der Waals surface area contributed by atoms with Crippen molar-refractivity contribution in [2.45, 2.75) is 12.8 Å². The summed E-state index contributed by atoms with van der Waals surface area (Å²) in [5.74, 6) is -0.329. The molecule has 6 nitrogen and oxygen atoms in total. The van der Waals surface area contributed by atoms with Gasteiger partial charge in [-0.15, -0.1) is 0 Å². The Bertz CT molecular complexity index is 978. The maximum absolute atomic E-state index is 12.5. The van der Waals surface area contributed by atoms with Crippen molar-refractivity contribution in [2.75, 3.05) is 33.7 Å². The topological polar surface area (TPSA) is 77.2 Å². The fourth-order valence-corrected chi connectivity index (χ4v) is 3.25. The summed E-state index contributed by atoms with van der Waals surface area (Å²) in [5, 5.41) is 7.02. The number of nitrogens with zero attached hydrogens (tertiary/aromatic N) is 1. The van der Waals surface area contributed by atoms with Gasteiger partial charge in [0.25, 0.3) is 11.8 Å². The molecule has 0 fully saturated rings. The molecule has 3 aromatic rings. The largest absolute Gasteiger partial charge is 0.361 e. The van der Waals surface area contributed by atoms with Gasteiger partial charge in [-0.25, -0.2) is 0 Å². The number of fused-ring (bicyclic) bond motifs is 1. The number of aromatic nitrogens is 1. The number of hydrogen-bond donors (Lipinski definition) is 3. The van der Waals surface area contributed by atoms with Crippen LogP contribution in [-0.4, -0.2) is 55.4 Å². The molecule has 1 aromatic heterocycles. The molecular weight excluding hydrogens is 364 g/mol. The van der Waals surface area contributed by atoms with E-state index in [0.29, 0.717) is 24.2 Å². The van der Waals surface area contributed by atoms with Gasteiger partial charge < -0.3 is 20.5 Å². The monoisotopic (exact) mass is 392 g/mol. The average molecular weight is 393 g/mol. The Morgan fingerprint density at radius 1 is 0.931 bits per heavy atom. The molecule has 2 amide bonds. The lowest BCUT2D eigenvalue weighted by molar-refractivity contribution is 0.0952. The molecule has 152 valence electrons. The number of carbonyl (C=O) groups is 2. The highest BCUT2D eigenvalue weighted by Crippen LogP contribution is 2.17. The Labute approximate surface area is 171 Å². The summed E-state index contributed by atoms with van der Waals surface area (Å²) in [7, 11) is 4.00. The van der Waals surface area contributed by atoms with E-state index < -0.39 is 0 Å². The molecule has 0 spiro atoms. The third kappa shape index (κ3) is 5.68. The number of carbonyl (C=O) groups excluding carboxylic acids is 2. The van der Waals surface area contributed by atoms with Crippen molar-refractivity contribution in [1.29, 1.82) is 0 Å². The highest BCUT2D eigenvalue weighted by Gasteiger charge is 2.11. The predicted octanol–water partition coefficient (Wildman–Crippen LogP) is 2.82. The molecule has 0 bridgehead atoms. The third-order valence-electron chi connectivity index (χ3n) is 4.81. The molecule has 0 aliphatic rings. The molecule has 6 heteroatoms. The fraction of sp³-hybridized carbons (Fsp3) is 0.304. The van der Waals surface area contributed by atoms with Gasteiger partial charge in [0, 0.05) is 41.3 Å². The summed E-state index contributed by atoms with van der Waals surface area (Å²) in [6.07, 6.45) is 3.60. The Morgan fingerprint density at radius 2 is 1.62 bits per heavy atom. The van der Waals surface area contributed by atoms with Gasteiger partial charge >= 0.3 is 0 Å². The van der Waals surface area contributed by atoms with Crippen molar-refractivity contribution < 1.29 is 9.59 Å². The van der Waals surface area contributed by atoms with E-state index in [1.807, 2.05) is 38.5 Å². The Hall–Kier alpha value is -3.12. The van der Waals surface area contributed by atoms with Crippen LogP contribution in [0.4, 0.5) is 0 Å². The molecule has 0 atom stereocenters. The number of H-pyrrole nitrogens is 1. The van der Waals surface area contributed by atoms with Gasteiger partial charge in [-0.1, -0.05) is 24.3 Å². The first-order chi connectivity index (χ1) is 14.0. The molecule has 0 aliphatic carbocycles. The zero-order valence-corrected chi connectivity index (χ0v) is 17.0. The third-order valence-corrected chi connectivity index (χ3v) is 4.81. The quantitative estimate of drug-likeness (QED) is 0.490. The number of rotatable bonds is 9. The minimum Gasteiger partial charge on any atom is -0.361 e. The second-order valence-corrected chi connectivity index (χ2v) is 7.36. The van der Waals surface area contributed by atoms with Crippen LogP contribution >= 0.6 is 0 Å². The first kappa shape index (κ1) is 20.6. The highest BCUT2D eigenvalue weighted by molar-refractivity contribution is 5.99. The van der Waals surface area contributed by atoms with Crippen LogP contribution in [0.25, 0.3) is 10.9 Å². The van der Waals surface area contributed by atoms with Crippen LogP contribution in [0, 0.1) is 0 Å². The predicted molar refractivity (Wildman–Crippen MR) is 116 cm³/mol. The van der Waals surface area contributed by atoms with Crippen LogP contribution in [0.15, 0.2) is 54.7 Å². The number of aromatic amines is 1. The van der Waals surface area contributed by atoms with Gasteiger partial charge in [0.2, 0.25) is 0 Å². The van der Waals surface area contributed by atoms with Crippen LogP contribution in [0.5, 0.6) is 0 Å². The van der Waals surface area contributed by atoms with E-state index in [1.165, 1.54) is 10.9 Å². The summed E-state index contributed by atoms with van der Waals surface area (Å²) in [5.41, 5.74) is 3.26. The molecular formula is C23H28N4O2. The second-order valence-electron chi connectivity index (χ2n) is 7.36. The molecule has 0 saturated carbocycles. The zero-order chi connectivity index (χ0) is 20.6. The van der Waals surface area contributed by atoms with Crippen LogP contribution in [-0.2, 0) is 6.42 Å². The van der Waals surface area contributed by atoms with E-state index >= 15 is 0 Å². The van der Waals surface area contributed by atoms with Crippen molar-refractivity contribution >= 4 is 22.7 Å². The van der Waals surface area contributed by atoms with Crippen molar-refractivity contribution in [3.05, 3.63) is 71.4 Å². The maximum Gasteiger partial charge on any atom is 0.251 e. The summed E-state index contributed by atoms with van der Waals surface area (Å²) in [6, 6.07) is 14.9. The SMILES string of the molecule is CN(C)CCCNC(=O)c1cccc(C(=O)NCCc2c[nH]c3ccccc23)c1. The van der Waals surface area contributed by atoms with Gasteiger partial charge in [0.1, 0.15) is 0 Å². The van der Waals surface area contributed by atoms with Crippen LogP contribution in [0.3, 0.4) is 0 Å². The molecule has 0 radical (unpaired) electrons. The first-order valence-corrected chi connectivity index (χ1v) is 9.91. The second kappa shape index (κ2) is 9.89. The van der Waals surface area contributed by atoms with Crippen LogP contribution in [0.1, 0.15) is 32.7 Å². The van der Waals surface area contributed by atoms with E-state index in [-0.39, 0.29) is 11.8 Å². The van der Waals surface area contributed by atoms with Crippen LogP contribution in [0.2, 0.25) is 0 Å². The Morgan fingerprint density at radius 3 is 2.34 bits per heavy atom. The Kier molecular flexibility index (Phi) is 7.03. The van der Waals surface area contributed by atoms with E-state index in [4.69, 9.17) is 0 Å². The van der Waals surface area contributed by atoms with Gasteiger partial charge in [0.15, 0.2) is 0 Å². The number of para-hydroxylation sites is 1. The number of hydrogen-bond acceptors (Lipinski definition) is 3. The first-order valence-electron chi connectivity index (χ1n) is 9.91. The van der Waals surface area contributed by atoms with Crippen molar-refractivity contribution in [3.8, 4) is 0 Å². The summed E-state index contributed by atoms with van der Waals surface area (Å²) in [6.45, 7) is 2.05. The van der Waals surface area contributed by atoms with E-state index in [9.17, 15) is 9.59 Å². The van der Waals surface area contributed by atoms with Crippen molar-refractivity contribution in [1.82, 2.24) is 20.5 Å². The summed E-state index contributed by atoms with van der Waals surface area (Å²) in [4.78, 5) is 30.1. The number of benzene rings is 2. The fourth-order valence-electron chi connectivity index (χ4n) is 3.25. The maximum atomic E-state index is 12.5. The number of amides is 2. The van der Waals surface area contributed by atoms with E-state index in [0.717, 1.165) is 24.9 Å². The zero-order valence-electron chi connectivity index (χ0n) is 17.0. The summed E-state index contributed by atoms with van der Waals surface area (Å²) < 4.78 is 0. The van der Waals surface area contributed by atoms with Crippen molar-refractivity contribution in [2.24, 2.45) is 0 Å². The van der Waals surface area contributed by atoms with E-state index in [2.05, 4.69) is 26.6 Å². The lowest BCUT2D eigenvalue weighted by atomic mass is 10.1. The van der Waals surface area contributed by atoms with Gasteiger partial charge in [-0.2, -0.15) is 0 Å². The lowest BCUT2D eigenvalue weighted by Crippen LogP contribution is -2.28. The molecule has 3 rings (SSSR count). The van der Waals surface area contributed by atoms with Crippen LogP contribution < -0.4 is 10.6 Å². The molecule has 3 N–H and O–H groups in total. The lowest BCUT2D eigenvalue weighted by Gasteiger charge is -2.10. The molecule has 2 aromatic carbocycles. The normalized spacial score (nSPS) is 11.0. The number of nitrogens with one attached hydrogen (secondary N) is 3. The molecule has 0 unspecified atom stereocenters. The summed E-state index contributed by atoms with van der Waals surface area (Å²) >= 11 is 0. The Balaban J connectivity index is 1.51. The standard InChI is InChI=1S/C23H28N4O2/c1-27(2)14-6-12-24-22(28)17-7-5-8-18(15-17)23(29)25-13-11-19-16-26-21-10-4-3-9-20(19)21/h3-5,7-10,15-16,26H,6,11-14H2,1-2H3,(H,24,28)(H,25,29). The highest BCUT2D eigenvalue weighted by atomic mass is 16.2. The minimum atomic E-state index is -0.174. The van der Waals surface area contributed by atoms with Gasteiger partial charge in [-0.05, 0) is 63.3 Å². The molecule has 1 heterocycles. The molecule has 0 saturated heterocycles. The van der Waals surface area contributed by atoms with E-state index in [1.54, 1.807) is 24.3 Å². The van der Waals surface area contributed by atoms with Gasteiger partial charge in [-0.3, -0.25) is 9.59 Å². The molecule has 29 heavy (non-hydrogen) atoms. The van der Waals surface area contributed by atoms with Crippen molar-refractivity contribution in [3.63, 3.8) is 0 Å².